The van der Waals surface area contributed by atoms with Crippen LogP contribution in [0.25, 0.3) is 0 Å². The average Bonchev–Trinajstić information content (AvgIpc) is 2.25. The lowest BCUT2D eigenvalue weighted by atomic mass is 10.1. The van der Waals surface area contributed by atoms with Gasteiger partial charge in [0.1, 0.15) is 0 Å². The van der Waals surface area contributed by atoms with Gasteiger partial charge in [0.05, 0.1) is 19.8 Å². The topological polar surface area (TPSA) is 71.1 Å². The number of ether oxygens (including phenoxy) is 4. The molecule has 0 aromatic rings. The van der Waals surface area contributed by atoms with Gasteiger partial charge in [-0.15, -0.1) is 0 Å². The van der Waals surface area contributed by atoms with Crippen molar-refractivity contribution in [3.8, 4) is 0 Å². The first-order chi connectivity index (χ1) is 7.76. The van der Waals surface area contributed by atoms with E-state index in [0.717, 1.165) is 0 Å². The molecule has 0 aliphatic heterocycles. The molecule has 0 saturated heterocycles. The van der Waals surface area contributed by atoms with E-state index in [4.69, 9.17) is 9.47 Å². The van der Waals surface area contributed by atoms with Crippen molar-refractivity contribution in [1.29, 1.82) is 0 Å². The number of carbonyl (C=O) groups excluding carboxylic acids is 2. The third-order valence-corrected chi connectivity index (χ3v) is 1.88. The Hall–Kier alpha value is -1.14. The Bertz CT molecular complexity index is 268. The Morgan fingerprint density at radius 2 is 1.29 bits per heavy atom. The molecule has 0 saturated carbocycles. The Balaban J connectivity index is 5.00. The lowest BCUT2D eigenvalue weighted by Gasteiger charge is -2.29. The predicted octanol–water partition coefficient (Wildman–Crippen LogP) is 0.531. The average molecular weight is 248 g/mol. The van der Waals surface area contributed by atoms with Crippen LogP contribution in [-0.4, -0.2) is 51.1 Å². The smallest absolute Gasteiger partial charge is 0.338 e. The molecule has 2 unspecified atom stereocenters. The highest BCUT2D eigenvalue weighted by atomic mass is 16.6. The van der Waals surface area contributed by atoms with Gasteiger partial charge in [0.2, 0.25) is 0 Å². The van der Waals surface area contributed by atoms with Crippen molar-refractivity contribution in [2.75, 3.05) is 21.3 Å². The van der Waals surface area contributed by atoms with Crippen LogP contribution in [0.15, 0.2) is 0 Å². The summed E-state index contributed by atoms with van der Waals surface area (Å²) in [5.41, 5.74) is -0.621. The van der Waals surface area contributed by atoms with Crippen molar-refractivity contribution in [1.82, 2.24) is 0 Å². The van der Waals surface area contributed by atoms with Gasteiger partial charge in [-0.1, -0.05) is 0 Å². The minimum Gasteiger partial charge on any atom is -0.467 e. The summed E-state index contributed by atoms with van der Waals surface area (Å²) >= 11 is 0. The van der Waals surface area contributed by atoms with Crippen molar-refractivity contribution in [3.63, 3.8) is 0 Å². The van der Waals surface area contributed by atoms with E-state index < -0.39 is 29.7 Å². The van der Waals surface area contributed by atoms with Crippen LogP contribution in [0.1, 0.15) is 20.8 Å². The van der Waals surface area contributed by atoms with E-state index in [0.29, 0.717) is 0 Å². The van der Waals surface area contributed by atoms with E-state index in [-0.39, 0.29) is 0 Å². The number of hydrogen-bond donors (Lipinski definition) is 0. The molecule has 6 heteroatoms. The molecule has 0 aliphatic rings. The summed E-state index contributed by atoms with van der Waals surface area (Å²) in [5, 5.41) is 0. The van der Waals surface area contributed by atoms with Gasteiger partial charge in [-0.2, -0.15) is 0 Å². The predicted molar refractivity (Wildman–Crippen MR) is 59.5 cm³/mol. The fourth-order valence-corrected chi connectivity index (χ4v) is 1.19. The molecule has 0 N–H and O–H groups in total. The summed E-state index contributed by atoms with van der Waals surface area (Å²) < 4.78 is 19.5. The highest BCUT2D eigenvalue weighted by molar-refractivity contribution is 5.85. The van der Waals surface area contributed by atoms with Crippen LogP contribution in [0.5, 0.6) is 0 Å². The zero-order valence-electron chi connectivity index (χ0n) is 11.1. The standard InChI is InChI=1S/C11H20O6/c1-11(2,3)17-8(10(13)16-6)7(14-4)9(12)15-5/h7-8H,1-6H3. The second-order valence-electron chi connectivity index (χ2n) is 4.35. The first-order valence-electron chi connectivity index (χ1n) is 5.13. The highest BCUT2D eigenvalue weighted by Gasteiger charge is 2.39. The number of esters is 2. The lowest BCUT2D eigenvalue weighted by molar-refractivity contribution is -0.189. The molecule has 0 heterocycles. The fourth-order valence-electron chi connectivity index (χ4n) is 1.19. The van der Waals surface area contributed by atoms with E-state index in [1.165, 1.54) is 21.3 Å². The van der Waals surface area contributed by atoms with Crippen molar-refractivity contribution < 1.29 is 28.5 Å². The van der Waals surface area contributed by atoms with Crippen molar-refractivity contribution >= 4 is 11.9 Å². The molecule has 2 atom stereocenters. The van der Waals surface area contributed by atoms with Gasteiger partial charge in [0.25, 0.3) is 0 Å². The molecule has 0 bridgehead atoms. The number of methoxy groups -OCH3 is 3. The maximum absolute atomic E-state index is 11.6. The number of carbonyl (C=O) groups is 2. The maximum atomic E-state index is 11.6. The lowest BCUT2D eigenvalue weighted by Crippen LogP contribution is -2.47. The van der Waals surface area contributed by atoms with Crippen LogP contribution < -0.4 is 0 Å². The monoisotopic (exact) mass is 248 g/mol. The van der Waals surface area contributed by atoms with Crippen LogP contribution in [0, 0.1) is 0 Å². The second kappa shape index (κ2) is 6.56. The van der Waals surface area contributed by atoms with E-state index in [1.54, 1.807) is 20.8 Å². The van der Waals surface area contributed by atoms with Crippen LogP contribution in [0.3, 0.4) is 0 Å². The second-order valence-corrected chi connectivity index (χ2v) is 4.35. The maximum Gasteiger partial charge on any atom is 0.338 e. The SMILES string of the molecule is COC(=O)C(OC)C(OC(C)(C)C)C(=O)OC. The third-order valence-electron chi connectivity index (χ3n) is 1.88. The normalized spacial score (nSPS) is 14.9. The van der Waals surface area contributed by atoms with Crippen LogP contribution in [0.2, 0.25) is 0 Å². The van der Waals surface area contributed by atoms with Gasteiger partial charge in [-0.25, -0.2) is 9.59 Å². The Morgan fingerprint density at radius 3 is 1.59 bits per heavy atom. The summed E-state index contributed by atoms with van der Waals surface area (Å²) in [6, 6.07) is 0. The molecular formula is C11H20O6. The summed E-state index contributed by atoms with van der Waals surface area (Å²) in [7, 11) is 3.72. The largest absolute Gasteiger partial charge is 0.467 e. The van der Waals surface area contributed by atoms with E-state index >= 15 is 0 Å². The van der Waals surface area contributed by atoms with E-state index in [1.807, 2.05) is 0 Å². The molecular weight excluding hydrogens is 228 g/mol. The Morgan fingerprint density at radius 1 is 0.882 bits per heavy atom. The van der Waals surface area contributed by atoms with Crippen LogP contribution in [-0.2, 0) is 28.5 Å². The van der Waals surface area contributed by atoms with Crippen molar-refractivity contribution in [2.24, 2.45) is 0 Å². The number of rotatable bonds is 5. The molecule has 0 aliphatic carbocycles. The Labute approximate surface area is 101 Å². The van der Waals surface area contributed by atoms with Crippen LogP contribution in [0.4, 0.5) is 0 Å². The fraction of sp³-hybridized carbons (Fsp3) is 0.818. The van der Waals surface area contributed by atoms with E-state index in [9.17, 15) is 9.59 Å². The molecule has 0 rings (SSSR count). The minimum atomic E-state index is -1.16. The van der Waals surface area contributed by atoms with Gasteiger partial charge in [-0.05, 0) is 20.8 Å². The third kappa shape index (κ3) is 5.14. The molecule has 0 radical (unpaired) electrons. The quantitative estimate of drug-likeness (QED) is 0.661. The molecule has 0 aromatic heterocycles. The van der Waals surface area contributed by atoms with Gasteiger partial charge >= 0.3 is 11.9 Å². The zero-order chi connectivity index (χ0) is 13.6. The zero-order valence-corrected chi connectivity index (χ0v) is 11.1. The molecule has 0 fully saturated rings. The van der Waals surface area contributed by atoms with Gasteiger partial charge < -0.3 is 18.9 Å². The molecule has 100 valence electrons. The van der Waals surface area contributed by atoms with Crippen molar-refractivity contribution in [2.45, 2.75) is 38.6 Å². The van der Waals surface area contributed by atoms with Gasteiger partial charge in [0.15, 0.2) is 12.2 Å². The van der Waals surface area contributed by atoms with Gasteiger partial charge in [0, 0.05) is 7.11 Å². The first kappa shape index (κ1) is 15.9. The molecule has 17 heavy (non-hydrogen) atoms. The summed E-state index contributed by atoms with van der Waals surface area (Å²) in [5.74, 6) is -1.37. The Kier molecular flexibility index (Phi) is 6.12. The molecule has 0 aromatic carbocycles. The summed E-state index contributed by atoms with van der Waals surface area (Å²) in [6.45, 7) is 5.27. The minimum absolute atomic E-state index is 0.621. The summed E-state index contributed by atoms with van der Waals surface area (Å²) in [4.78, 5) is 23.0. The molecule has 0 spiro atoms. The molecule has 6 nitrogen and oxygen atoms in total. The van der Waals surface area contributed by atoms with Crippen molar-refractivity contribution in [3.05, 3.63) is 0 Å². The highest BCUT2D eigenvalue weighted by Crippen LogP contribution is 2.17. The molecule has 0 amide bonds. The first-order valence-corrected chi connectivity index (χ1v) is 5.13. The van der Waals surface area contributed by atoms with Crippen LogP contribution >= 0.6 is 0 Å². The number of hydrogen-bond acceptors (Lipinski definition) is 6. The summed E-state index contributed by atoms with van der Waals surface area (Å²) in [6.07, 6.45) is -2.30. The van der Waals surface area contributed by atoms with E-state index in [2.05, 4.69) is 9.47 Å². The van der Waals surface area contributed by atoms with Gasteiger partial charge in [-0.3, -0.25) is 0 Å².